The van der Waals surface area contributed by atoms with E-state index in [0.29, 0.717) is 11.2 Å². The van der Waals surface area contributed by atoms with Gasteiger partial charge in [-0.05, 0) is 6.07 Å². The topological polar surface area (TPSA) is 50.2 Å². The Morgan fingerprint density at radius 1 is 1.70 bits per heavy atom. The Labute approximate surface area is 56.5 Å². The maximum atomic E-state index is 10.3. The zero-order valence-corrected chi connectivity index (χ0v) is 5.11. The smallest absolute Gasteiger partial charge is 0.163 e. The highest BCUT2D eigenvalue weighted by Crippen LogP contribution is 2.04. The van der Waals surface area contributed by atoms with Crippen LogP contribution in [0.5, 0.6) is 0 Å². The van der Waals surface area contributed by atoms with Crippen molar-refractivity contribution >= 4 is 11.9 Å². The molecule has 0 amide bonds. The quantitative estimate of drug-likeness (QED) is 0.578. The molecule has 2 heterocycles. The molecule has 0 aliphatic carbocycles. The minimum atomic E-state index is 0.612. The lowest BCUT2D eigenvalue weighted by Crippen LogP contribution is -1.79. The molecule has 2 rings (SSSR count). The Morgan fingerprint density at radius 2 is 2.60 bits per heavy atom. The van der Waals surface area contributed by atoms with E-state index in [-0.39, 0.29) is 0 Å². The Bertz CT molecular complexity index is 360. The summed E-state index contributed by atoms with van der Waals surface area (Å²) in [7, 11) is 0. The molecule has 4 heteroatoms. The maximum Gasteiger partial charge on any atom is 0.163 e. The van der Waals surface area contributed by atoms with Crippen molar-refractivity contribution in [2.45, 2.75) is 0 Å². The zero-order chi connectivity index (χ0) is 6.97. The van der Waals surface area contributed by atoms with Crippen molar-refractivity contribution in [2.75, 3.05) is 0 Å². The van der Waals surface area contributed by atoms with Crippen molar-refractivity contribution in [2.24, 2.45) is 0 Å². The van der Waals surface area contributed by atoms with Crippen LogP contribution in [0.1, 0.15) is 10.4 Å². The first kappa shape index (κ1) is 5.22. The molecule has 0 radical (unpaired) electrons. The molecular weight excluding hydrogens is 130 g/mol. The van der Waals surface area contributed by atoms with E-state index in [1.165, 1.54) is 0 Å². The first-order valence-electron chi connectivity index (χ1n) is 2.87. The lowest BCUT2D eigenvalue weighted by molar-refractivity contribution is 0.112. The van der Waals surface area contributed by atoms with Crippen LogP contribution in [0, 0.1) is 0 Å². The molecule has 0 spiro atoms. The van der Waals surface area contributed by atoms with E-state index >= 15 is 0 Å². The van der Waals surface area contributed by atoms with Crippen molar-refractivity contribution in [3.63, 3.8) is 0 Å². The minimum absolute atomic E-state index is 0.612. The summed E-state index contributed by atoms with van der Waals surface area (Å²) in [6.45, 7) is 0. The Morgan fingerprint density at radius 3 is 3.40 bits per heavy atom. The van der Waals surface area contributed by atoms with E-state index < -0.39 is 0 Å². The van der Waals surface area contributed by atoms with Gasteiger partial charge >= 0.3 is 0 Å². The molecule has 0 saturated carbocycles. The summed E-state index contributed by atoms with van der Waals surface area (Å²) in [6, 6.07) is 1.71. The molecule has 0 aromatic carbocycles. The van der Waals surface area contributed by atoms with Crippen LogP contribution in [0.25, 0.3) is 5.65 Å². The third-order valence-corrected chi connectivity index (χ3v) is 1.40. The number of hydrogen-bond acceptors (Lipinski definition) is 2. The van der Waals surface area contributed by atoms with Crippen molar-refractivity contribution in [1.29, 1.82) is 0 Å². The van der Waals surface area contributed by atoms with Crippen LogP contribution in [-0.2, 0) is 0 Å². The van der Waals surface area contributed by atoms with Gasteiger partial charge in [-0.15, -0.1) is 0 Å². The first-order chi connectivity index (χ1) is 4.92. The van der Waals surface area contributed by atoms with Crippen molar-refractivity contribution in [1.82, 2.24) is 14.6 Å². The van der Waals surface area contributed by atoms with E-state index in [4.69, 9.17) is 0 Å². The fourth-order valence-electron chi connectivity index (χ4n) is 0.924. The number of H-pyrrole nitrogens is 1. The molecule has 2 aromatic rings. The van der Waals surface area contributed by atoms with Gasteiger partial charge in [0.25, 0.3) is 0 Å². The number of aldehydes is 1. The molecule has 50 valence electrons. The second-order valence-electron chi connectivity index (χ2n) is 1.97. The van der Waals surface area contributed by atoms with E-state index in [0.717, 1.165) is 6.29 Å². The number of carbonyl (C=O) groups excluding carboxylic acids is 1. The summed E-state index contributed by atoms with van der Waals surface area (Å²) >= 11 is 0. The number of nitrogens with zero attached hydrogens (tertiary/aromatic N) is 2. The number of nitrogens with one attached hydrogen (secondary N) is 1. The van der Waals surface area contributed by atoms with Crippen LogP contribution in [-0.4, -0.2) is 20.9 Å². The lowest BCUT2D eigenvalue weighted by Gasteiger charge is -1.77. The number of aromatic amines is 1. The third-order valence-electron chi connectivity index (χ3n) is 1.40. The van der Waals surface area contributed by atoms with Gasteiger partial charge < -0.3 is 0 Å². The van der Waals surface area contributed by atoms with Gasteiger partial charge in [0, 0.05) is 6.20 Å². The van der Waals surface area contributed by atoms with E-state index in [1.54, 1.807) is 23.1 Å². The molecule has 0 bridgehead atoms. The highest BCUT2D eigenvalue weighted by molar-refractivity contribution is 5.84. The predicted octanol–water partition coefficient (Wildman–Crippen LogP) is 0.475. The molecule has 0 atom stereocenters. The summed E-state index contributed by atoms with van der Waals surface area (Å²) < 4.78 is 1.68. The Hall–Kier alpha value is -1.58. The highest BCUT2D eigenvalue weighted by Gasteiger charge is 2.00. The van der Waals surface area contributed by atoms with Crippen LogP contribution in [0.2, 0.25) is 0 Å². The van der Waals surface area contributed by atoms with Crippen LogP contribution < -0.4 is 0 Å². The average Bonchev–Trinajstić information content (AvgIpc) is 2.44. The van der Waals surface area contributed by atoms with Crippen molar-refractivity contribution in [3.8, 4) is 0 Å². The van der Waals surface area contributed by atoms with Crippen LogP contribution in [0.3, 0.4) is 0 Å². The van der Waals surface area contributed by atoms with Gasteiger partial charge in [-0.1, -0.05) is 0 Å². The molecular formula is C6H5N3O. The van der Waals surface area contributed by atoms with Crippen LogP contribution in [0.4, 0.5) is 0 Å². The van der Waals surface area contributed by atoms with Gasteiger partial charge in [-0.3, -0.25) is 9.89 Å². The Balaban J connectivity index is 2.88. The summed E-state index contributed by atoms with van der Waals surface area (Å²) in [4.78, 5) is 14.2. The van der Waals surface area contributed by atoms with Crippen LogP contribution >= 0.6 is 0 Å². The van der Waals surface area contributed by atoms with Gasteiger partial charge in [0.1, 0.15) is 6.33 Å². The fraction of sp³-hybridized carbons (Fsp3) is 0. The predicted molar refractivity (Wildman–Crippen MR) is 34.9 cm³/mol. The molecule has 0 unspecified atom stereocenters. The second kappa shape index (κ2) is 1.70. The zero-order valence-electron chi connectivity index (χ0n) is 5.11. The van der Waals surface area contributed by atoms with E-state index in [9.17, 15) is 4.79 Å². The lowest BCUT2D eigenvalue weighted by atomic mass is 10.4. The Kier molecular flexibility index (Phi) is 0.887. The van der Waals surface area contributed by atoms with Crippen molar-refractivity contribution in [3.05, 3.63) is 24.2 Å². The average molecular weight is 135 g/mol. The highest BCUT2D eigenvalue weighted by atomic mass is 16.1. The number of carbonyl (C=O) groups is 1. The summed E-state index contributed by atoms with van der Waals surface area (Å²) in [5.74, 6) is 0. The number of rotatable bonds is 1. The summed E-state index contributed by atoms with van der Waals surface area (Å²) in [5, 5.41) is 2.82. The SMILES string of the molecule is O=Cc1ccn2[nH]cnc12. The van der Waals surface area contributed by atoms with Gasteiger partial charge in [-0.2, -0.15) is 0 Å². The molecule has 10 heavy (non-hydrogen) atoms. The number of fused-ring (bicyclic) bond motifs is 1. The minimum Gasteiger partial charge on any atom is -0.298 e. The normalized spacial score (nSPS) is 10.4. The summed E-state index contributed by atoms with van der Waals surface area (Å²) in [5.41, 5.74) is 1.29. The number of aromatic nitrogens is 3. The van der Waals surface area contributed by atoms with Gasteiger partial charge in [-0.25, -0.2) is 9.50 Å². The fourth-order valence-corrected chi connectivity index (χ4v) is 0.924. The monoisotopic (exact) mass is 135 g/mol. The first-order valence-corrected chi connectivity index (χ1v) is 2.87. The molecule has 0 saturated heterocycles. The third kappa shape index (κ3) is 0.500. The van der Waals surface area contributed by atoms with E-state index in [2.05, 4.69) is 10.1 Å². The van der Waals surface area contributed by atoms with Crippen molar-refractivity contribution < 1.29 is 4.79 Å². The second-order valence-corrected chi connectivity index (χ2v) is 1.97. The maximum absolute atomic E-state index is 10.3. The largest absolute Gasteiger partial charge is 0.298 e. The standard InChI is InChI=1S/C6H5N3O/c10-3-5-1-2-9-6(5)7-4-8-9/h1-4H,(H,7,8). The molecule has 4 nitrogen and oxygen atoms in total. The van der Waals surface area contributed by atoms with Crippen LogP contribution in [0.15, 0.2) is 18.6 Å². The summed E-state index contributed by atoms with van der Waals surface area (Å²) in [6.07, 6.45) is 4.09. The van der Waals surface area contributed by atoms with E-state index in [1.807, 2.05) is 0 Å². The molecule has 0 aliphatic rings. The number of hydrogen-bond donors (Lipinski definition) is 1. The van der Waals surface area contributed by atoms with Gasteiger partial charge in [0.2, 0.25) is 0 Å². The van der Waals surface area contributed by atoms with Gasteiger partial charge in [0.15, 0.2) is 11.9 Å². The molecule has 2 aromatic heterocycles. The molecule has 1 N–H and O–H groups in total. The van der Waals surface area contributed by atoms with Gasteiger partial charge in [0.05, 0.1) is 5.56 Å². The molecule has 0 fully saturated rings. The molecule has 0 aliphatic heterocycles.